The Morgan fingerprint density at radius 1 is 1.38 bits per heavy atom. The zero-order valence-corrected chi connectivity index (χ0v) is 12.1. The summed E-state index contributed by atoms with van der Waals surface area (Å²) in [6, 6.07) is 1.40. The summed E-state index contributed by atoms with van der Waals surface area (Å²) in [5, 5.41) is 3.65. The van der Waals surface area contributed by atoms with E-state index < -0.39 is 0 Å². The van der Waals surface area contributed by atoms with Crippen LogP contribution in [0.4, 0.5) is 0 Å². The van der Waals surface area contributed by atoms with Crippen LogP contribution in [0.2, 0.25) is 0 Å². The first kappa shape index (κ1) is 14.3. The van der Waals surface area contributed by atoms with Crippen molar-refractivity contribution >= 4 is 11.8 Å². The second kappa shape index (κ2) is 7.57. The average Bonchev–Trinajstić information content (AvgIpc) is 2.26. The molecular formula is C13H28N2S. The predicted octanol–water partition coefficient (Wildman–Crippen LogP) is 2.45. The number of nitrogens with one attached hydrogen (secondary N) is 1. The van der Waals surface area contributed by atoms with Crippen LogP contribution in [-0.2, 0) is 0 Å². The summed E-state index contributed by atoms with van der Waals surface area (Å²) < 4.78 is 0. The quantitative estimate of drug-likeness (QED) is 0.723. The molecule has 0 radical (unpaired) electrons. The highest BCUT2D eigenvalue weighted by atomic mass is 32.2. The highest BCUT2D eigenvalue weighted by Gasteiger charge is 2.25. The molecule has 1 fully saturated rings. The van der Waals surface area contributed by atoms with Gasteiger partial charge in [-0.1, -0.05) is 13.8 Å². The number of nitrogens with zero attached hydrogens (tertiary/aromatic N) is 1. The summed E-state index contributed by atoms with van der Waals surface area (Å²) >= 11 is 1.96. The lowest BCUT2D eigenvalue weighted by Gasteiger charge is -2.40. The van der Waals surface area contributed by atoms with Gasteiger partial charge in [0.25, 0.3) is 0 Å². The van der Waals surface area contributed by atoms with E-state index in [0.29, 0.717) is 12.1 Å². The summed E-state index contributed by atoms with van der Waals surface area (Å²) in [6.07, 6.45) is 4.92. The molecule has 96 valence electrons. The normalized spacial score (nSPS) is 27.6. The third kappa shape index (κ3) is 4.64. The number of unbranched alkanes of at least 4 members (excludes halogenated alkanes) is 1. The molecule has 2 atom stereocenters. The van der Waals surface area contributed by atoms with Crippen LogP contribution in [0.15, 0.2) is 0 Å². The van der Waals surface area contributed by atoms with E-state index in [9.17, 15) is 0 Å². The van der Waals surface area contributed by atoms with Gasteiger partial charge in [0.15, 0.2) is 0 Å². The van der Waals surface area contributed by atoms with Crippen LogP contribution in [0.1, 0.15) is 33.6 Å². The fourth-order valence-electron chi connectivity index (χ4n) is 2.27. The summed E-state index contributed by atoms with van der Waals surface area (Å²) in [5.74, 6) is 2.06. The minimum absolute atomic E-state index is 0.691. The third-order valence-electron chi connectivity index (χ3n) is 3.58. The Hall–Kier alpha value is 0.270. The first-order valence-electron chi connectivity index (χ1n) is 6.61. The van der Waals surface area contributed by atoms with Gasteiger partial charge in [0.05, 0.1) is 0 Å². The molecule has 0 saturated carbocycles. The molecule has 0 aromatic heterocycles. The van der Waals surface area contributed by atoms with E-state index in [1.807, 2.05) is 11.8 Å². The van der Waals surface area contributed by atoms with Crippen LogP contribution in [0.25, 0.3) is 0 Å². The molecule has 0 aromatic rings. The Labute approximate surface area is 106 Å². The highest BCUT2D eigenvalue weighted by molar-refractivity contribution is 7.98. The average molecular weight is 244 g/mol. The van der Waals surface area contributed by atoms with E-state index in [1.54, 1.807) is 0 Å². The van der Waals surface area contributed by atoms with E-state index in [2.05, 4.69) is 37.2 Å². The van der Waals surface area contributed by atoms with E-state index in [1.165, 1.54) is 31.7 Å². The summed E-state index contributed by atoms with van der Waals surface area (Å²) in [5.41, 5.74) is 0. The topological polar surface area (TPSA) is 15.3 Å². The van der Waals surface area contributed by atoms with Crippen molar-refractivity contribution in [3.05, 3.63) is 0 Å². The van der Waals surface area contributed by atoms with Crippen molar-refractivity contribution in [2.24, 2.45) is 5.92 Å². The fourth-order valence-corrected chi connectivity index (χ4v) is 2.76. The molecule has 2 nitrogen and oxygen atoms in total. The summed E-state index contributed by atoms with van der Waals surface area (Å²) in [6.45, 7) is 10.7. The minimum Gasteiger partial charge on any atom is -0.311 e. The van der Waals surface area contributed by atoms with Crippen LogP contribution in [0.5, 0.6) is 0 Å². The molecule has 1 aliphatic heterocycles. The standard InChI is InChI=1S/C13H28N2S/c1-11(2)13-10-15(12(3)9-14-13)7-5-6-8-16-4/h11-14H,5-10H2,1-4H3. The van der Waals surface area contributed by atoms with Crippen molar-refractivity contribution in [2.75, 3.05) is 31.6 Å². The van der Waals surface area contributed by atoms with Crippen molar-refractivity contribution < 1.29 is 0 Å². The smallest absolute Gasteiger partial charge is 0.0218 e. The van der Waals surface area contributed by atoms with E-state index in [4.69, 9.17) is 0 Å². The second-order valence-corrected chi connectivity index (χ2v) is 6.29. The van der Waals surface area contributed by atoms with Gasteiger partial charge in [-0.05, 0) is 44.2 Å². The maximum Gasteiger partial charge on any atom is 0.0218 e. The van der Waals surface area contributed by atoms with E-state index >= 15 is 0 Å². The number of hydrogen-bond donors (Lipinski definition) is 1. The summed E-state index contributed by atoms with van der Waals surface area (Å²) in [7, 11) is 0. The number of rotatable bonds is 6. The van der Waals surface area contributed by atoms with Crippen LogP contribution in [-0.4, -0.2) is 48.6 Å². The maximum atomic E-state index is 3.65. The molecule has 3 heteroatoms. The van der Waals surface area contributed by atoms with Gasteiger partial charge in [-0.2, -0.15) is 11.8 Å². The van der Waals surface area contributed by atoms with Crippen molar-refractivity contribution in [3.8, 4) is 0 Å². The lowest BCUT2D eigenvalue weighted by Crippen LogP contribution is -2.57. The van der Waals surface area contributed by atoms with Crippen molar-refractivity contribution in [1.82, 2.24) is 10.2 Å². The Bertz CT molecular complexity index is 185. The minimum atomic E-state index is 0.691. The lowest BCUT2D eigenvalue weighted by molar-refractivity contribution is 0.122. The molecule has 2 unspecified atom stereocenters. The first-order chi connectivity index (χ1) is 7.65. The molecule has 0 bridgehead atoms. The molecule has 1 N–H and O–H groups in total. The largest absolute Gasteiger partial charge is 0.311 e. The Kier molecular flexibility index (Phi) is 6.78. The zero-order chi connectivity index (χ0) is 12.0. The molecule has 0 spiro atoms. The predicted molar refractivity (Wildman–Crippen MR) is 75.3 cm³/mol. The molecule has 0 amide bonds. The molecule has 1 aliphatic rings. The number of piperazine rings is 1. The van der Waals surface area contributed by atoms with Gasteiger partial charge in [-0.15, -0.1) is 0 Å². The molecule has 1 saturated heterocycles. The summed E-state index contributed by atoms with van der Waals surface area (Å²) in [4.78, 5) is 2.67. The van der Waals surface area contributed by atoms with E-state index in [0.717, 1.165) is 12.5 Å². The fraction of sp³-hybridized carbons (Fsp3) is 1.00. The van der Waals surface area contributed by atoms with Crippen molar-refractivity contribution in [3.63, 3.8) is 0 Å². The van der Waals surface area contributed by atoms with Gasteiger partial charge in [0.1, 0.15) is 0 Å². The van der Waals surface area contributed by atoms with Crippen molar-refractivity contribution in [1.29, 1.82) is 0 Å². The number of hydrogen-bond acceptors (Lipinski definition) is 3. The van der Waals surface area contributed by atoms with Gasteiger partial charge in [0.2, 0.25) is 0 Å². The Morgan fingerprint density at radius 2 is 2.12 bits per heavy atom. The van der Waals surface area contributed by atoms with Crippen LogP contribution in [0.3, 0.4) is 0 Å². The lowest BCUT2D eigenvalue weighted by atomic mass is 9.99. The molecular weight excluding hydrogens is 216 g/mol. The van der Waals surface area contributed by atoms with Gasteiger partial charge >= 0.3 is 0 Å². The molecule has 16 heavy (non-hydrogen) atoms. The van der Waals surface area contributed by atoms with Gasteiger partial charge < -0.3 is 5.32 Å². The first-order valence-corrected chi connectivity index (χ1v) is 8.01. The Morgan fingerprint density at radius 3 is 2.75 bits per heavy atom. The van der Waals surface area contributed by atoms with Gasteiger partial charge in [-0.3, -0.25) is 4.90 Å². The Balaban J connectivity index is 2.26. The SMILES string of the molecule is CSCCCCN1CC(C(C)C)NCC1C. The number of thioether (sulfide) groups is 1. The van der Waals surface area contributed by atoms with Crippen LogP contribution < -0.4 is 5.32 Å². The second-order valence-electron chi connectivity index (χ2n) is 5.30. The zero-order valence-electron chi connectivity index (χ0n) is 11.3. The van der Waals surface area contributed by atoms with Crippen molar-refractivity contribution in [2.45, 2.75) is 45.7 Å². The monoisotopic (exact) mass is 244 g/mol. The molecule has 0 aliphatic carbocycles. The molecule has 0 aromatic carbocycles. The van der Waals surface area contributed by atoms with E-state index in [-0.39, 0.29) is 0 Å². The molecule has 1 heterocycles. The van der Waals surface area contributed by atoms with Gasteiger partial charge in [-0.25, -0.2) is 0 Å². The van der Waals surface area contributed by atoms with Crippen LogP contribution >= 0.6 is 11.8 Å². The van der Waals surface area contributed by atoms with Crippen LogP contribution in [0, 0.1) is 5.92 Å². The maximum absolute atomic E-state index is 3.65. The highest BCUT2D eigenvalue weighted by Crippen LogP contribution is 2.13. The third-order valence-corrected chi connectivity index (χ3v) is 4.28. The van der Waals surface area contributed by atoms with Gasteiger partial charge in [0, 0.05) is 25.2 Å². The molecule has 1 rings (SSSR count).